The van der Waals surface area contributed by atoms with Crippen molar-refractivity contribution in [3.8, 4) is 11.5 Å². The van der Waals surface area contributed by atoms with E-state index in [1.807, 2.05) is 0 Å². The number of hydrogen-bond donors (Lipinski definition) is 0. The number of amides is 2. The predicted octanol–water partition coefficient (Wildman–Crippen LogP) is 2.82. The van der Waals surface area contributed by atoms with Gasteiger partial charge in [0, 0.05) is 18.6 Å². The van der Waals surface area contributed by atoms with Gasteiger partial charge in [0.2, 0.25) is 18.6 Å². The van der Waals surface area contributed by atoms with E-state index in [-0.39, 0.29) is 31.1 Å². The van der Waals surface area contributed by atoms with E-state index < -0.39 is 23.5 Å². The highest BCUT2D eigenvalue weighted by Gasteiger charge is 2.40. The maximum absolute atomic E-state index is 13.8. The molecule has 25 heavy (non-hydrogen) atoms. The first-order chi connectivity index (χ1) is 12.0. The number of benzene rings is 2. The lowest BCUT2D eigenvalue weighted by Gasteiger charge is -2.15. The van der Waals surface area contributed by atoms with Crippen LogP contribution in [0, 0.1) is 17.6 Å². The van der Waals surface area contributed by atoms with Crippen molar-refractivity contribution in [3.05, 3.63) is 53.6 Å². The van der Waals surface area contributed by atoms with Gasteiger partial charge in [0.25, 0.3) is 0 Å². The highest BCUT2D eigenvalue weighted by Crippen LogP contribution is 2.38. The van der Waals surface area contributed by atoms with E-state index in [1.165, 1.54) is 6.07 Å². The van der Waals surface area contributed by atoms with E-state index in [0.29, 0.717) is 17.2 Å². The third-order valence-electron chi connectivity index (χ3n) is 4.34. The molecule has 0 aromatic heterocycles. The van der Waals surface area contributed by atoms with Crippen molar-refractivity contribution in [3.63, 3.8) is 0 Å². The van der Waals surface area contributed by atoms with Gasteiger partial charge in [-0.1, -0.05) is 6.07 Å². The molecule has 5 nitrogen and oxygen atoms in total. The summed E-state index contributed by atoms with van der Waals surface area (Å²) in [5.74, 6) is -1.85. The van der Waals surface area contributed by atoms with Crippen molar-refractivity contribution in [1.82, 2.24) is 0 Å². The third kappa shape index (κ3) is 2.71. The molecule has 0 saturated carbocycles. The summed E-state index contributed by atoms with van der Waals surface area (Å²) in [5, 5.41) is 0. The van der Waals surface area contributed by atoms with Crippen LogP contribution in [-0.4, -0.2) is 18.6 Å². The maximum atomic E-state index is 13.8. The van der Waals surface area contributed by atoms with Gasteiger partial charge in [-0.25, -0.2) is 8.78 Å². The average molecular weight is 345 g/mol. The highest BCUT2D eigenvalue weighted by molar-refractivity contribution is 6.21. The molecule has 0 radical (unpaired) electrons. The van der Waals surface area contributed by atoms with Gasteiger partial charge >= 0.3 is 0 Å². The Bertz CT molecular complexity index is 883. The molecule has 4 rings (SSSR count). The van der Waals surface area contributed by atoms with Gasteiger partial charge in [0.1, 0.15) is 11.6 Å². The van der Waals surface area contributed by atoms with Crippen LogP contribution in [0.1, 0.15) is 12.0 Å². The molecule has 0 bridgehead atoms. The summed E-state index contributed by atoms with van der Waals surface area (Å²) >= 11 is 0. The number of fused-ring (bicyclic) bond motifs is 1. The first-order valence-corrected chi connectivity index (χ1v) is 7.73. The van der Waals surface area contributed by atoms with E-state index in [2.05, 4.69) is 0 Å². The molecule has 0 N–H and O–H groups in total. The molecule has 2 heterocycles. The third-order valence-corrected chi connectivity index (χ3v) is 4.34. The zero-order valence-electron chi connectivity index (χ0n) is 13.0. The van der Waals surface area contributed by atoms with Crippen molar-refractivity contribution in [2.24, 2.45) is 5.92 Å². The number of halogens is 2. The van der Waals surface area contributed by atoms with E-state index in [4.69, 9.17) is 9.47 Å². The lowest BCUT2D eigenvalue weighted by atomic mass is 9.97. The summed E-state index contributed by atoms with van der Waals surface area (Å²) in [6, 6.07) is 8.00. The number of hydrogen-bond acceptors (Lipinski definition) is 4. The molecule has 0 aliphatic carbocycles. The molecule has 1 fully saturated rings. The first kappa shape index (κ1) is 15.6. The molecule has 1 unspecified atom stereocenters. The fourth-order valence-corrected chi connectivity index (χ4v) is 3.10. The van der Waals surface area contributed by atoms with Crippen molar-refractivity contribution < 1.29 is 27.8 Å². The van der Waals surface area contributed by atoms with E-state index in [9.17, 15) is 18.4 Å². The minimum atomic E-state index is -0.721. The smallest absolute Gasteiger partial charge is 0.237 e. The Morgan fingerprint density at radius 3 is 2.64 bits per heavy atom. The molecule has 1 atom stereocenters. The van der Waals surface area contributed by atoms with Gasteiger partial charge in [0.05, 0.1) is 11.6 Å². The largest absolute Gasteiger partial charge is 0.454 e. The number of anilines is 1. The lowest BCUT2D eigenvalue weighted by Crippen LogP contribution is -2.30. The molecule has 7 heteroatoms. The second-order valence-corrected chi connectivity index (χ2v) is 5.95. The Labute approximate surface area is 141 Å². The van der Waals surface area contributed by atoms with E-state index in [0.717, 1.165) is 17.0 Å². The summed E-state index contributed by atoms with van der Waals surface area (Å²) < 4.78 is 37.3. The minimum absolute atomic E-state index is 0.0237. The number of ether oxygens (including phenoxy) is 2. The number of imide groups is 1. The van der Waals surface area contributed by atoms with Crippen LogP contribution in [-0.2, 0) is 16.0 Å². The SMILES string of the molecule is O=C1CC(Cc2ccc(F)cc2F)C(=O)N1c1ccc2c(c1)OCO2. The Kier molecular flexibility index (Phi) is 3.63. The predicted molar refractivity (Wildman–Crippen MR) is 83.2 cm³/mol. The molecular formula is C18H13F2NO4. The van der Waals surface area contributed by atoms with Crippen LogP contribution in [0.2, 0.25) is 0 Å². The Morgan fingerprint density at radius 1 is 1.04 bits per heavy atom. The lowest BCUT2D eigenvalue weighted by molar-refractivity contribution is -0.122. The molecule has 2 aromatic carbocycles. The zero-order valence-corrected chi connectivity index (χ0v) is 13.0. The molecule has 2 aromatic rings. The topological polar surface area (TPSA) is 55.8 Å². The summed E-state index contributed by atoms with van der Waals surface area (Å²) in [6.45, 7) is 0.0904. The standard InChI is InChI=1S/C18H13F2NO4/c19-12-2-1-10(14(20)7-12)5-11-6-17(22)21(18(11)23)13-3-4-15-16(8-13)25-9-24-15/h1-4,7-8,11H,5-6,9H2. The molecule has 2 aliphatic heterocycles. The molecule has 2 amide bonds. The summed E-state index contributed by atoms with van der Waals surface area (Å²) in [6.07, 6.45) is 0.0157. The summed E-state index contributed by atoms with van der Waals surface area (Å²) in [4.78, 5) is 26.0. The van der Waals surface area contributed by atoms with Crippen molar-refractivity contribution in [2.75, 3.05) is 11.7 Å². The minimum Gasteiger partial charge on any atom is -0.454 e. The van der Waals surface area contributed by atoms with Crippen LogP contribution in [0.4, 0.5) is 14.5 Å². The van der Waals surface area contributed by atoms with Crippen LogP contribution in [0.25, 0.3) is 0 Å². The fourth-order valence-electron chi connectivity index (χ4n) is 3.10. The number of nitrogens with zero attached hydrogens (tertiary/aromatic N) is 1. The first-order valence-electron chi connectivity index (χ1n) is 7.73. The van der Waals surface area contributed by atoms with Gasteiger partial charge in [-0.05, 0) is 30.2 Å². The van der Waals surface area contributed by atoms with Gasteiger partial charge in [-0.3, -0.25) is 14.5 Å². The Balaban J connectivity index is 1.58. The number of rotatable bonds is 3. The highest BCUT2D eigenvalue weighted by atomic mass is 19.1. The molecule has 1 saturated heterocycles. The summed E-state index contributed by atoms with van der Waals surface area (Å²) in [5.41, 5.74) is 0.599. The van der Waals surface area contributed by atoms with Crippen molar-refractivity contribution >= 4 is 17.5 Å². The maximum Gasteiger partial charge on any atom is 0.237 e. The van der Waals surface area contributed by atoms with Gasteiger partial charge in [-0.2, -0.15) is 0 Å². The Morgan fingerprint density at radius 2 is 1.84 bits per heavy atom. The zero-order chi connectivity index (χ0) is 17.6. The van der Waals surface area contributed by atoms with Gasteiger partial charge in [0.15, 0.2) is 11.5 Å². The van der Waals surface area contributed by atoms with Gasteiger partial charge in [-0.15, -0.1) is 0 Å². The van der Waals surface area contributed by atoms with Crippen molar-refractivity contribution in [2.45, 2.75) is 12.8 Å². The number of carbonyl (C=O) groups excluding carboxylic acids is 2. The van der Waals surface area contributed by atoms with Crippen LogP contribution in [0.5, 0.6) is 11.5 Å². The summed E-state index contributed by atoms with van der Waals surface area (Å²) in [7, 11) is 0. The van der Waals surface area contributed by atoms with Crippen molar-refractivity contribution in [1.29, 1.82) is 0 Å². The monoisotopic (exact) mass is 345 g/mol. The molecule has 128 valence electrons. The van der Waals surface area contributed by atoms with Crippen LogP contribution >= 0.6 is 0 Å². The second-order valence-electron chi connectivity index (χ2n) is 5.95. The Hall–Kier alpha value is -2.96. The van der Waals surface area contributed by atoms with Crippen LogP contribution < -0.4 is 14.4 Å². The fraction of sp³-hybridized carbons (Fsp3) is 0.222. The van der Waals surface area contributed by atoms with Crippen LogP contribution in [0.15, 0.2) is 36.4 Å². The number of carbonyl (C=O) groups is 2. The van der Waals surface area contributed by atoms with E-state index in [1.54, 1.807) is 18.2 Å². The molecule has 0 spiro atoms. The average Bonchev–Trinajstić information content (AvgIpc) is 3.14. The quantitative estimate of drug-likeness (QED) is 0.803. The van der Waals surface area contributed by atoms with E-state index >= 15 is 0 Å². The van der Waals surface area contributed by atoms with Gasteiger partial charge < -0.3 is 9.47 Å². The van der Waals surface area contributed by atoms with Crippen LogP contribution in [0.3, 0.4) is 0 Å². The molecule has 2 aliphatic rings. The molecular weight excluding hydrogens is 332 g/mol. The normalized spacial score (nSPS) is 19.0. The second kappa shape index (κ2) is 5.84.